The van der Waals surface area contributed by atoms with Gasteiger partial charge in [-0.3, -0.25) is 4.79 Å². The molecule has 1 saturated heterocycles. The summed E-state index contributed by atoms with van der Waals surface area (Å²) in [6, 6.07) is 0. The van der Waals surface area contributed by atoms with E-state index in [2.05, 4.69) is 16.8 Å². The number of likely N-dealkylation sites (N-methyl/N-ethyl adjacent to an activating group) is 1. The highest BCUT2D eigenvalue weighted by molar-refractivity contribution is 5.87. The number of fused-ring (bicyclic) bond motifs is 2. The summed E-state index contributed by atoms with van der Waals surface area (Å²) in [4.78, 5) is 16.9. The summed E-state index contributed by atoms with van der Waals surface area (Å²) < 4.78 is 0. The minimum absolute atomic E-state index is 0. The van der Waals surface area contributed by atoms with Gasteiger partial charge in [-0.15, -0.1) is 12.4 Å². The third-order valence-electron chi connectivity index (χ3n) is 4.86. The van der Waals surface area contributed by atoms with E-state index in [4.69, 9.17) is 0 Å². The molecule has 2 aliphatic carbocycles. The van der Waals surface area contributed by atoms with E-state index in [-0.39, 0.29) is 12.4 Å². The Kier molecular flexibility index (Phi) is 4.11. The van der Waals surface area contributed by atoms with Crippen molar-refractivity contribution in [3.8, 4) is 0 Å². The zero-order valence-electron chi connectivity index (χ0n) is 10.6. The maximum Gasteiger partial charge on any atom is 0.140 e. The average Bonchev–Trinajstić information content (AvgIpc) is 2.85. The molecule has 1 unspecified atom stereocenters. The molecule has 0 amide bonds. The summed E-state index contributed by atoms with van der Waals surface area (Å²) in [5.74, 6) is 2.16. The Morgan fingerprint density at radius 2 is 1.88 bits per heavy atom. The predicted molar refractivity (Wildman–Crippen MR) is 70.5 cm³/mol. The van der Waals surface area contributed by atoms with Crippen LogP contribution in [-0.2, 0) is 4.79 Å². The number of carbonyl (C=O) groups excluding carboxylic acids is 1. The fraction of sp³-hybridized carbons (Fsp3) is 0.923. The van der Waals surface area contributed by atoms with Crippen molar-refractivity contribution in [2.24, 2.45) is 17.8 Å². The Hall–Kier alpha value is -0.120. The average molecular weight is 259 g/mol. The van der Waals surface area contributed by atoms with Crippen LogP contribution in [0.1, 0.15) is 19.3 Å². The number of piperazine rings is 1. The maximum atomic E-state index is 12.1. The lowest BCUT2D eigenvalue weighted by molar-refractivity contribution is -0.126. The number of rotatable bonds is 2. The molecule has 3 rings (SSSR count). The zero-order valence-corrected chi connectivity index (χ0v) is 11.4. The predicted octanol–water partition coefficient (Wildman–Crippen LogP) is 1.27. The first-order valence-corrected chi connectivity index (χ1v) is 6.68. The monoisotopic (exact) mass is 258 g/mol. The highest BCUT2D eigenvalue weighted by Crippen LogP contribution is 2.46. The number of hydrogen-bond acceptors (Lipinski definition) is 3. The van der Waals surface area contributed by atoms with E-state index in [1.165, 1.54) is 19.3 Å². The van der Waals surface area contributed by atoms with Crippen LogP contribution in [0.15, 0.2) is 0 Å². The third-order valence-corrected chi connectivity index (χ3v) is 4.86. The van der Waals surface area contributed by atoms with Crippen LogP contribution >= 0.6 is 12.4 Å². The summed E-state index contributed by atoms with van der Waals surface area (Å²) in [5, 5.41) is 0. The number of Topliss-reactive ketones (excluding diaryl/α,β-unsaturated/α-hetero) is 1. The van der Waals surface area contributed by atoms with Gasteiger partial charge in [-0.2, -0.15) is 0 Å². The van der Waals surface area contributed by atoms with Gasteiger partial charge in [-0.05, 0) is 32.2 Å². The smallest absolute Gasteiger partial charge is 0.140 e. The standard InChI is InChI=1S/C13H22N2O.ClH/c1-14-4-6-15(7-5-14)9-12-10-2-3-11(8-10)13(12)16;/h10-12H,2-9H2,1H3;1H/t10?,11-,12+;/m1./s1. The fourth-order valence-corrected chi connectivity index (χ4v) is 3.72. The van der Waals surface area contributed by atoms with Crippen LogP contribution in [0.5, 0.6) is 0 Å². The van der Waals surface area contributed by atoms with Gasteiger partial charge >= 0.3 is 0 Å². The van der Waals surface area contributed by atoms with Gasteiger partial charge in [0.1, 0.15) is 5.78 Å². The second-order valence-electron chi connectivity index (χ2n) is 5.88. The zero-order chi connectivity index (χ0) is 11.1. The largest absolute Gasteiger partial charge is 0.304 e. The van der Waals surface area contributed by atoms with E-state index in [0.29, 0.717) is 17.6 Å². The summed E-state index contributed by atoms with van der Waals surface area (Å²) in [6.45, 7) is 5.67. The highest BCUT2D eigenvalue weighted by Gasteiger charge is 2.46. The van der Waals surface area contributed by atoms with Crippen molar-refractivity contribution in [2.45, 2.75) is 19.3 Å². The van der Waals surface area contributed by atoms with Crippen molar-refractivity contribution in [1.82, 2.24) is 9.80 Å². The maximum absolute atomic E-state index is 12.1. The molecule has 0 aromatic carbocycles. The van der Waals surface area contributed by atoms with Crippen molar-refractivity contribution < 1.29 is 4.79 Å². The summed E-state index contributed by atoms with van der Waals surface area (Å²) >= 11 is 0. The molecule has 0 spiro atoms. The first-order chi connectivity index (χ1) is 7.74. The van der Waals surface area contributed by atoms with Crippen LogP contribution in [0.2, 0.25) is 0 Å². The molecule has 17 heavy (non-hydrogen) atoms. The first kappa shape index (κ1) is 13.3. The Labute approximate surface area is 110 Å². The lowest BCUT2D eigenvalue weighted by Gasteiger charge is -2.35. The van der Waals surface area contributed by atoms with E-state index < -0.39 is 0 Å². The van der Waals surface area contributed by atoms with Gasteiger partial charge in [0.2, 0.25) is 0 Å². The number of hydrogen-bond donors (Lipinski definition) is 0. The lowest BCUT2D eigenvalue weighted by Crippen LogP contribution is -2.47. The van der Waals surface area contributed by atoms with E-state index in [0.717, 1.165) is 38.6 Å². The second-order valence-corrected chi connectivity index (χ2v) is 5.88. The summed E-state index contributed by atoms with van der Waals surface area (Å²) in [5.41, 5.74) is 0. The van der Waals surface area contributed by atoms with Crippen LogP contribution < -0.4 is 0 Å². The third kappa shape index (κ3) is 2.51. The first-order valence-electron chi connectivity index (χ1n) is 6.68. The van der Waals surface area contributed by atoms with Gasteiger partial charge in [0.15, 0.2) is 0 Å². The van der Waals surface area contributed by atoms with Crippen molar-refractivity contribution in [1.29, 1.82) is 0 Å². The molecule has 4 heteroatoms. The molecular formula is C13H23ClN2O. The van der Waals surface area contributed by atoms with Crippen LogP contribution in [0.25, 0.3) is 0 Å². The Morgan fingerprint density at radius 1 is 1.18 bits per heavy atom. The molecule has 3 fully saturated rings. The topological polar surface area (TPSA) is 23.6 Å². The van der Waals surface area contributed by atoms with Crippen molar-refractivity contribution in [2.75, 3.05) is 39.8 Å². The van der Waals surface area contributed by atoms with Gasteiger partial charge in [-0.1, -0.05) is 0 Å². The minimum Gasteiger partial charge on any atom is -0.304 e. The Bertz CT molecular complexity index is 289. The van der Waals surface area contributed by atoms with Crippen LogP contribution in [-0.4, -0.2) is 55.4 Å². The van der Waals surface area contributed by atoms with Gasteiger partial charge in [0.05, 0.1) is 0 Å². The normalized spacial score (nSPS) is 38.4. The molecule has 2 saturated carbocycles. The van der Waals surface area contributed by atoms with E-state index >= 15 is 0 Å². The van der Waals surface area contributed by atoms with Crippen LogP contribution in [0.4, 0.5) is 0 Å². The molecule has 98 valence electrons. The molecule has 1 aliphatic heterocycles. The number of ketones is 1. The fourth-order valence-electron chi connectivity index (χ4n) is 3.72. The van der Waals surface area contributed by atoms with E-state index in [1.54, 1.807) is 0 Å². The quantitative estimate of drug-likeness (QED) is 0.745. The van der Waals surface area contributed by atoms with Crippen LogP contribution in [0.3, 0.4) is 0 Å². The van der Waals surface area contributed by atoms with Gasteiger partial charge in [-0.25, -0.2) is 0 Å². The minimum atomic E-state index is 0. The van der Waals surface area contributed by atoms with Crippen molar-refractivity contribution >= 4 is 18.2 Å². The van der Waals surface area contributed by atoms with E-state index in [1.807, 2.05) is 0 Å². The Balaban J connectivity index is 0.00000108. The summed E-state index contributed by atoms with van der Waals surface area (Å²) in [7, 11) is 2.18. The molecule has 1 heterocycles. The number of halogens is 1. The number of carbonyl (C=O) groups is 1. The lowest BCUT2D eigenvalue weighted by atomic mass is 9.87. The SMILES string of the molecule is CN1CCN(C[C@@H]2C(=O)[C@@H]3CCC2C3)CC1.Cl. The highest BCUT2D eigenvalue weighted by atomic mass is 35.5. The van der Waals surface area contributed by atoms with Gasteiger partial charge < -0.3 is 9.80 Å². The molecule has 0 aromatic rings. The molecule has 0 aromatic heterocycles. The summed E-state index contributed by atoms with van der Waals surface area (Å²) in [6.07, 6.45) is 3.70. The molecule has 3 nitrogen and oxygen atoms in total. The molecule has 3 atom stereocenters. The van der Waals surface area contributed by atoms with Crippen molar-refractivity contribution in [3.63, 3.8) is 0 Å². The van der Waals surface area contributed by atoms with Crippen molar-refractivity contribution in [3.05, 3.63) is 0 Å². The molecular weight excluding hydrogens is 236 g/mol. The van der Waals surface area contributed by atoms with Gasteiger partial charge in [0, 0.05) is 44.6 Å². The number of nitrogens with zero attached hydrogens (tertiary/aromatic N) is 2. The molecule has 3 aliphatic rings. The van der Waals surface area contributed by atoms with Crippen LogP contribution in [0, 0.1) is 17.8 Å². The molecule has 0 radical (unpaired) electrons. The van der Waals surface area contributed by atoms with E-state index in [9.17, 15) is 4.79 Å². The second kappa shape index (κ2) is 5.25. The van der Waals surface area contributed by atoms with Gasteiger partial charge in [0.25, 0.3) is 0 Å². The molecule has 0 N–H and O–H groups in total. The Morgan fingerprint density at radius 3 is 2.47 bits per heavy atom. The molecule has 2 bridgehead atoms.